The van der Waals surface area contributed by atoms with Crippen molar-refractivity contribution in [2.24, 2.45) is 5.73 Å². The molecule has 1 aromatic heterocycles. The Morgan fingerprint density at radius 3 is 2.57 bits per heavy atom. The summed E-state index contributed by atoms with van der Waals surface area (Å²) in [5.74, 6) is 0.117. The fourth-order valence-corrected chi connectivity index (χ4v) is 7.04. The molecule has 0 radical (unpaired) electrons. The van der Waals surface area contributed by atoms with E-state index in [0.29, 0.717) is 27.9 Å². The van der Waals surface area contributed by atoms with Crippen LogP contribution in [0.3, 0.4) is 0 Å². The van der Waals surface area contributed by atoms with Crippen LogP contribution in [-0.2, 0) is 22.6 Å². The Morgan fingerprint density at radius 1 is 1.00 bits per heavy atom. The molecule has 0 saturated carbocycles. The van der Waals surface area contributed by atoms with E-state index in [1.54, 1.807) is 0 Å². The molecular weight excluding hydrogens is 633 g/mol. The highest BCUT2D eigenvalue weighted by Crippen LogP contribution is 2.30. The molecular formula is C33H35Cl2N5O2S2. The number of nitrogens with two attached hydrogens (primary N) is 1. The van der Waals surface area contributed by atoms with Gasteiger partial charge >= 0.3 is 0 Å². The number of piperidine rings is 1. The van der Waals surface area contributed by atoms with Gasteiger partial charge in [0.1, 0.15) is 0 Å². The third-order valence-corrected chi connectivity index (χ3v) is 10.3. The molecule has 1 aliphatic rings. The summed E-state index contributed by atoms with van der Waals surface area (Å²) in [5, 5.41) is 9.22. The highest BCUT2D eigenvalue weighted by atomic mass is 35.5. The number of carbonyl (C=O) groups excluding carboxylic acids is 2. The van der Waals surface area contributed by atoms with Crippen LogP contribution in [0.1, 0.15) is 30.4 Å². The van der Waals surface area contributed by atoms with Crippen LogP contribution in [0.2, 0.25) is 10.0 Å². The Labute approximate surface area is 276 Å². The summed E-state index contributed by atoms with van der Waals surface area (Å²) < 4.78 is 0.823. The molecule has 4 N–H and O–H groups in total. The van der Waals surface area contributed by atoms with Gasteiger partial charge in [-0.15, -0.1) is 11.3 Å². The van der Waals surface area contributed by atoms with Gasteiger partial charge < -0.3 is 16.4 Å². The maximum absolute atomic E-state index is 12.7. The summed E-state index contributed by atoms with van der Waals surface area (Å²) in [4.78, 5) is 32.5. The Bertz CT molecular complexity index is 1560. The van der Waals surface area contributed by atoms with Gasteiger partial charge in [-0.1, -0.05) is 83.5 Å². The summed E-state index contributed by atoms with van der Waals surface area (Å²) in [6, 6.07) is 22.9. The normalized spacial score (nSPS) is 14.7. The first-order valence-corrected chi connectivity index (χ1v) is 17.2. The minimum absolute atomic E-state index is 0.0167. The van der Waals surface area contributed by atoms with Crippen molar-refractivity contribution in [3.63, 3.8) is 0 Å². The van der Waals surface area contributed by atoms with Gasteiger partial charge in [0.25, 0.3) is 0 Å². The van der Waals surface area contributed by atoms with E-state index < -0.39 is 6.04 Å². The van der Waals surface area contributed by atoms with Crippen molar-refractivity contribution in [2.45, 2.75) is 48.7 Å². The third kappa shape index (κ3) is 9.54. The molecule has 1 saturated heterocycles. The number of rotatable bonds is 12. The van der Waals surface area contributed by atoms with E-state index in [1.165, 1.54) is 23.1 Å². The van der Waals surface area contributed by atoms with E-state index in [4.69, 9.17) is 33.9 Å². The van der Waals surface area contributed by atoms with Gasteiger partial charge in [0, 0.05) is 42.3 Å². The summed E-state index contributed by atoms with van der Waals surface area (Å²) in [6.07, 6.45) is 3.12. The number of anilines is 1. The fraction of sp³-hybridized carbons (Fsp3) is 0.303. The molecule has 7 nitrogen and oxygen atoms in total. The lowest BCUT2D eigenvalue weighted by Crippen LogP contribution is -2.44. The number of nitrogens with one attached hydrogen (secondary N) is 2. The Kier molecular flexibility index (Phi) is 11.7. The zero-order valence-electron chi connectivity index (χ0n) is 24.2. The number of aryl methyl sites for hydroxylation is 1. The molecule has 0 unspecified atom stereocenters. The van der Waals surface area contributed by atoms with Crippen LogP contribution < -0.4 is 16.4 Å². The van der Waals surface area contributed by atoms with Gasteiger partial charge in [0.2, 0.25) is 11.8 Å². The third-order valence-electron chi connectivity index (χ3n) is 7.50. The number of amides is 2. The second-order valence-electron chi connectivity index (χ2n) is 10.9. The molecule has 1 aliphatic heterocycles. The van der Waals surface area contributed by atoms with E-state index in [9.17, 15) is 9.59 Å². The first kappa shape index (κ1) is 32.5. The van der Waals surface area contributed by atoms with Crippen LogP contribution >= 0.6 is 46.3 Å². The number of hydrogen-bond donors (Lipinski definition) is 3. The van der Waals surface area contributed by atoms with Crippen LogP contribution in [0.25, 0.3) is 11.3 Å². The Balaban J connectivity index is 1.04. The first-order valence-electron chi connectivity index (χ1n) is 14.6. The summed E-state index contributed by atoms with van der Waals surface area (Å²) in [7, 11) is 0. The highest BCUT2D eigenvalue weighted by Gasteiger charge is 2.21. The lowest BCUT2D eigenvalue weighted by atomic mass is 10.0. The van der Waals surface area contributed by atoms with Crippen LogP contribution in [0.15, 0.2) is 82.5 Å². The predicted octanol–water partition coefficient (Wildman–Crippen LogP) is 6.89. The zero-order chi connectivity index (χ0) is 30.9. The predicted molar refractivity (Wildman–Crippen MR) is 183 cm³/mol. The monoisotopic (exact) mass is 667 g/mol. The molecule has 0 spiro atoms. The molecule has 5 rings (SSSR count). The number of hydrogen-bond acceptors (Lipinski definition) is 7. The topological polar surface area (TPSA) is 100 Å². The van der Waals surface area contributed by atoms with Gasteiger partial charge in [-0.2, -0.15) is 0 Å². The number of halogens is 2. The standard InChI is InChI=1S/C33H35Cl2N5O2S2/c34-27-11-9-23(17-28(27)35)19-40-15-13-25(14-16-40)37-31(41)21-44-33-39-30(20-43-33)24-7-4-8-26(18-24)38-32(42)29(36)12-10-22-5-2-1-3-6-22/h1-9,11,17-18,20,25,29H,10,12-16,19,21,36H2,(H,37,41)(H,38,42)/t29-/m1/s1. The lowest BCUT2D eigenvalue weighted by Gasteiger charge is -2.32. The average Bonchev–Trinajstić information content (AvgIpc) is 3.51. The molecule has 0 aliphatic carbocycles. The summed E-state index contributed by atoms with van der Waals surface area (Å²) in [6.45, 7) is 2.64. The maximum atomic E-state index is 12.7. The number of aromatic nitrogens is 1. The number of benzene rings is 3. The van der Waals surface area contributed by atoms with Crippen molar-refractivity contribution in [3.05, 3.63) is 99.3 Å². The average molecular weight is 669 g/mol. The number of thioether (sulfide) groups is 1. The minimum atomic E-state index is -0.603. The second-order valence-corrected chi connectivity index (χ2v) is 13.7. The first-order chi connectivity index (χ1) is 21.3. The lowest BCUT2D eigenvalue weighted by molar-refractivity contribution is -0.119. The van der Waals surface area contributed by atoms with Crippen molar-refractivity contribution in [3.8, 4) is 11.3 Å². The SMILES string of the molecule is N[C@H](CCc1ccccc1)C(=O)Nc1cccc(-c2csc(SCC(=O)NC3CCN(Cc4ccc(Cl)c(Cl)c4)CC3)n2)c1. The number of carbonyl (C=O) groups is 2. The summed E-state index contributed by atoms with van der Waals surface area (Å²) >= 11 is 15.1. The Hall–Kier alpha value is -2.92. The highest BCUT2D eigenvalue weighted by molar-refractivity contribution is 8.01. The van der Waals surface area contributed by atoms with E-state index in [2.05, 4.69) is 15.5 Å². The van der Waals surface area contributed by atoms with Gasteiger partial charge in [-0.25, -0.2) is 4.98 Å². The number of likely N-dealkylation sites (tertiary alicyclic amines) is 1. The van der Waals surface area contributed by atoms with Crippen LogP contribution in [-0.4, -0.2) is 52.6 Å². The van der Waals surface area contributed by atoms with E-state index in [-0.39, 0.29) is 17.9 Å². The molecule has 4 aromatic rings. The molecule has 1 fully saturated rings. The quantitative estimate of drug-likeness (QED) is 0.142. The maximum Gasteiger partial charge on any atom is 0.241 e. The Morgan fingerprint density at radius 2 is 1.80 bits per heavy atom. The van der Waals surface area contributed by atoms with Crippen LogP contribution in [0.5, 0.6) is 0 Å². The molecule has 2 amide bonds. The van der Waals surface area contributed by atoms with Crippen molar-refractivity contribution in [1.29, 1.82) is 0 Å². The molecule has 0 bridgehead atoms. The molecule has 230 valence electrons. The van der Waals surface area contributed by atoms with Crippen molar-refractivity contribution in [2.75, 3.05) is 24.2 Å². The van der Waals surface area contributed by atoms with Gasteiger partial charge in [0.15, 0.2) is 4.34 Å². The van der Waals surface area contributed by atoms with E-state index >= 15 is 0 Å². The van der Waals surface area contributed by atoms with Crippen LogP contribution in [0, 0.1) is 0 Å². The number of nitrogens with zero attached hydrogens (tertiary/aromatic N) is 2. The largest absolute Gasteiger partial charge is 0.353 e. The van der Waals surface area contributed by atoms with Gasteiger partial charge in [-0.05, 0) is 61.1 Å². The van der Waals surface area contributed by atoms with Crippen molar-refractivity contribution in [1.82, 2.24) is 15.2 Å². The number of thiazole rings is 1. The van der Waals surface area contributed by atoms with Gasteiger partial charge in [-0.3, -0.25) is 14.5 Å². The molecule has 3 aromatic carbocycles. The minimum Gasteiger partial charge on any atom is -0.353 e. The summed E-state index contributed by atoms with van der Waals surface area (Å²) in [5.41, 5.74) is 10.8. The van der Waals surface area contributed by atoms with Crippen molar-refractivity contribution < 1.29 is 9.59 Å². The van der Waals surface area contributed by atoms with Crippen LogP contribution in [0.4, 0.5) is 5.69 Å². The molecule has 2 heterocycles. The zero-order valence-corrected chi connectivity index (χ0v) is 27.3. The molecule has 44 heavy (non-hydrogen) atoms. The van der Waals surface area contributed by atoms with E-state index in [0.717, 1.165) is 65.6 Å². The fourth-order valence-electron chi connectivity index (χ4n) is 5.07. The smallest absolute Gasteiger partial charge is 0.241 e. The second kappa shape index (κ2) is 15.9. The van der Waals surface area contributed by atoms with Crippen molar-refractivity contribution >= 4 is 63.8 Å². The molecule has 11 heteroatoms. The van der Waals surface area contributed by atoms with E-state index in [1.807, 2.05) is 78.2 Å². The van der Waals surface area contributed by atoms with Gasteiger partial charge in [0.05, 0.1) is 27.5 Å². The molecule has 1 atom stereocenters.